The van der Waals surface area contributed by atoms with Crippen LogP contribution in [-0.4, -0.2) is 47.8 Å². The minimum Gasteiger partial charge on any atom is -0.459 e. The van der Waals surface area contributed by atoms with E-state index in [0.717, 1.165) is 22.4 Å². The van der Waals surface area contributed by atoms with Crippen LogP contribution >= 0.6 is 0 Å². The first-order valence-corrected chi connectivity index (χ1v) is 10.5. The third kappa shape index (κ3) is 4.86. The van der Waals surface area contributed by atoms with E-state index in [2.05, 4.69) is 16.3 Å². The number of nitrogens with zero attached hydrogens (tertiary/aromatic N) is 2. The zero-order valence-corrected chi connectivity index (χ0v) is 17.9. The van der Waals surface area contributed by atoms with Gasteiger partial charge in [0, 0.05) is 31.9 Å². The largest absolute Gasteiger partial charge is 0.459 e. The number of hydrogen-bond donors (Lipinski definition) is 1. The highest BCUT2D eigenvalue weighted by molar-refractivity contribution is 5.96. The molecule has 0 aliphatic carbocycles. The molecular weight excluding hydrogens is 390 g/mol. The van der Waals surface area contributed by atoms with Crippen molar-refractivity contribution in [3.8, 4) is 0 Å². The third-order valence-corrected chi connectivity index (χ3v) is 5.55. The zero-order valence-electron chi connectivity index (χ0n) is 17.9. The normalized spacial score (nSPS) is 15.5. The lowest BCUT2D eigenvalue weighted by molar-refractivity contribution is -0.122. The van der Waals surface area contributed by atoms with Gasteiger partial charge in [0.15, 0.2) is 5.76 Å². The summed E-state index contributed by atoms with van der Waals surface area (Å²) in [5.41, 5.74) is 3.96. The van der Waals surface area contributed by atoms with Crippen LogP contribution in [0.1, 0.15) is 33.3 Å². The maximum Gasteiger partial charge on any atom is 0.289 e. The van der Waals surface area contributed by atoms with Crippen LogP contribution in [0.4, 0.5) is 5.69 Å². The number of furan rings is 1. The van der Waals surface area contributed by atoms with E-state index in [9.17, 15) is 9.59 Å². The number of benzene rings is 2. The van der Waals surface area contributed by atoms with Gasteiger partial charge < -0.3 is 14.6 Å². The molecule has 1 aliphatic heterocycles. The van der Waals surface area contributed by atoms with Gasteiger partial charge >= 0.3 is 0 Å². The lowest BCUT2D eigenvalue weighted by Gasteiger charge is -2.38. The number of carbonyl (C=O) groups excluding carboxylic acids is 2. The van der Waals surface area contributed by atoms with E-state index in [1.165, 1.54) is 6.26 Å². The molecule has 2 heterocycles. The van der Waals surface area contributed by atoms with Crippen LogP contribution in [-0.2, 0) is 4.79 Å². The highest BCUT2D eigenvalue weighted by Gasteiger charge is 2.32. The molecule has 4 rings (SSSR count). The lowest BCUT2D eigenvalue weighted by atomic mass is 10.0. The Bertz CT molecular complexity index is 1020. The van der Waals surface area contributed by atoms with Crippen molar-refractivity contribution in [2.24, 2.45) is 0 Å². The molecule has 31 heavy (non-hydrogen) atoms. The molecule has 2 amide bonds. The zero-order chi connectivity index (χ0) is 21.8. The summed E-state index contributed by atoms with van der Waals surface area (Å²) in [6, 6.07) is 18.8. The molecule has 1 aromatic heterocycles. The van der Waals surface area contributed by atoms with Gasteiger partial charge in [-0.2, -0.15) is 0 Å². The summed E-state index contributed by atoms with van der Waals surface area (Å²) in [5.74, 6) is 0.170. The summed E-state index contributed by atoms with van der Waals surface area (Å²) in [7, 11) is 0. The fourth-order valence-corrected chi connectivity index (χ4v) is 4.16. The molecule has 2 aromatic carbocycles. The maximum absolute atomic E-state index is 13.4. The second-order valence-corrected chi connectivity index (χ2v) is 7.98. The standard InChI is InChI=1S/C25H27N3O3/c1-18-15-19(2)17-21(16-18)26-24(29)23(20-7-4-3-5-8-20)27-10-12-28(13-11-27)25(30)22-9-6-14-31-22/h3-9,14-17,23H,10-13H2,1-2H3,(H,26,29). The van der Waals surface area contributed by atoms with Crippen molar-refractivity contribution < 1.29 is 14.0 Å². The molecule has 0 spiro atoms. The van der Waals surface area contributed by atoms with Crippen molar-refractivity contribution in [1.82, 2.24) is 9.80 Å². The predicted molar refractivity (Wildman–Crippen MR) is 120 cm³/mol. The minimum absolute atomic E-state index is 0.0676. The maximum atomic E-state index is 13.4. The summed E-state index contributed by atoms with van der Waals surface area (Å²) >= 11 is 0. The van der Waals surface area contributed by atoms with E-state index < -0.39 is 6.04 Å². The monoisotopic (exact) mass is 417 g/mol. The molecule has 0 saturated carbocycles. The second kappa shape index (κ2) is 9.18. The second-order valence-electron chi connectivity index (χ2n) is 7.98. The highest BCUT2D eigenvalue weighted by Crippen LogP contribution is 2.25. The molecule has 0 radical (unpaired) electrons. The average molecular weight is 418 g/mol. The first-order valence-electron chi connectivity index (χ1n) is 10.5. The number of aryl methyl sites for hydroxylation is 2. The van der Waals surface area contributed by atoms with E-state index >= 15 is 0 Å². The molecule has 1 unspecified atom stereocenters. The molecule has 3 aromatic rings. The Morgan fingerprint density at radius 1 is 0.903 bits per heavy atom. The molecule has 1 atom stereocenters. The molecule has 6 heteroatoms. The molecule has 160 valence electrons. The Kier molecular flexibility index (Phi) is 6.18. The molecule has 1 saturated heterocycles. The minimum atomic E-state index is -0.428. The van der Waals surface area contributed by atoms with Gasteiger partial charge in [-0.25, -0.2) is 0 Å². The molecule has 1 fully saturated rings. The van der Waals surface area contributed by atoms with Crippen molar-refractivity contribution in [2.45, 2.75) is 19.9 Å². The van der Waals surface area contributed by atoms with Gasteiger partial charge in [0.25, 0.3) is 5.91 Å². The molecule has 6 nitrogen and oxygen atoms in total. The third-order valence-electron chi connectivity index (χ3n) is 5.55. The van der Waals surface area contributed by atoms with Crippen molar-refractivity contribution in [1.29, 1.82) is 0 Å². The van der Waals surface area contributed by atoms with Crippen LogP contribution in [0.5, 0.6) is 0 Å². The van der Waals surface area contributed by atoms with E-state index in [1.807, 2.05) is 56.3 Å². The SMILES string of the molecule is Cc1cc(C)cc(NC(=O)C(c2ccccc2)N2CCN(C(=O)c3ccco3)CC2)c1. The van der Waals surface area contributed by atoms with Gasteiger partial charge in [0.1, 0.15) is 6.04 Å². The van der Waals surface area contributed by atoms with Gasteiger partial charge in [-0.05, 0) is 54.8 Å². The van der Waals surface area contributed by atoms with Crippen molar-refractivity contribution in [2.75, 3.05) is 31.5 Å². The van der Waals surface area contributed by atoms with Gasteiger partial charge in [-0.1, -0.05) is 36.4 Å². The summed E-state index contributed by atoms with van der Waals surface area (Å²) in [4.78, 5) is 29.9. The van der Waals surface area contributed by atoms with E-state index in [-0.39, 0.29) is 11.8 Å². The number of nitrogens with one attached hydrogen (secondary N) is 1. The Labute approximate surface area is 182 Å². The topological polar surface area (TPSA) is 65.8 Å². The summed E-state index contributed by atoms with van der Waals surface area (Å²) < 4.78 is 5.25. The molecular formula is C25H27N3O3. The number of amides is 2. The van der Waals surface area contributed by atoms with Crippen LogP contribution in [0.25, 0.3) is 0 Å². The van der Waals surface area contributed by atoms with Crippen LogP contribution < -0.4 is 5.32 Å². The van der Waals surface area contributed by atoms with Crippen molar-refractivity contribution >= 4 is 17.5 Å². The number of anilines is 1. The van der Waals surface area contributed by atoms with E-state index in [1.54, 1.807) is 17.0 Å². The fourth-order valence-electron chi connectivity index (χ4n) is 4.16. The lowest BCUT2D eigenvalue weighted by Crippen LogP contribution is -2.51. The van der Waals surface area contributed by atoms with Crippen molar-refractivity contribution in [3.05, 3.63) is 89.4 Å². The first kappa shape index (κ1) is 20.9. The molecule has 0 bridgehead atoms. The van der Waals surface area contributed by atoms with Crippen molar-refractivity contribution in [3.63, 3.8) is 0 Å². The number of piperazine rings is 1. The molecule has 1 aliphatic rings. The smallest absolute Gasteiger partial charge is 0.289 e. The van der Waals surface area contributed by atoms with Crippen LogP contribution in [0.2, 0.25) is 0 Å². The number of rotatable bonds is 5. The van der Waals surface area contributed by atoms with Gasteiger partial charge in [-0.15, -0.1) is 0 Å². The van der Waals surface area contributed by atoms with Crippen LogP contribution in [0.15, 0.2) is 71.3 Å². The van der Waals surface area contributed by atoms with E-state index in [0.29, 0.717) is 31.9 Å². The Balaban J connectivity index is 1.51. The van der Waals surface area contributed by atoms with Gasteiger partial charge in [-0.3, -0.25) is 14.5 Å². The van der Waals surface area contributed by atoms with Gasteiger partial charge in [0.2, 0.25) is 5.91 Å². The Morgan fingerprint density at radius 2 is 1.58 bits per heavy atom. The Morgan fingerprint density at radius 3 is 2.19 bits per heavy atom. The Hall–Kier alpha value is -3.38. The summed E-state index contributed by atoms with van der Waals surface area (Å²) in [6.45, 7) is 6.33. The number of hydrogen-bond acceptors (Lipinski definition) is 4. The van der Waals surface area contributed by atoms with Gasteiger partial charge in [0.05, 0.1) is 6.26 Å². The molecule has 1 N–H and O–H groups in total. The van der Waals surface area contributed by atoms with E-state index in [4.69, 9.17) is 4.42 Å². The highest BCUT2D eigenvalue weighted by atomic mass is 16.3. The predicted octanol–water partition coefficient (Wildman–Crippen LogP) is 4.03. The first-order chi connectivity index (χ1) is 15.0. The fraction of sp³-hybridized carbons (Fsp3) is 0.280. The summed E-state index contributed by atoms with van der Waals surface area (Å²) in [6.07, 6.45) is 1.51. The van der Waals surface area contributed by atoms with Crippen LogP contribution in [0.3, 0.4) is 0 Å². The van der Waals surface area contributed by atoms with Crippen LogP contribution in [0, 0.1) is 13.8 Å². The average Bonchev–Trinajstić information content (AvgIpc) is 3.29. The number of carbonyl (C=O) groups is 2. The summed E-state index contributed by atoms with van der Waals surface area (Å²) in [5, 5.41) is 3.10. The quantitative estimate of drug-likeness (QED) is 0.681.